The standard InChI is InChI=1S/C22H29N3O3S/c1-14(2)11-20(26)25-10-9-18-19(12-25)29-22(23-18)24-21(27)16-5-7-17(8-6-16)28-13-15(3)4/h5-8,14-15H,9-13H2,1-4H3,(H,23,24,27). The van der Waals surface area contributed by atoms with Gasteiger partial charge in [-0.1, -0.05) is 39.0 Å². The predicted molar refractivity (Wildman–Crippen MR) is 115 cm³/mol. The lowest BCUT2D eigenvalue weighted by atomic mass is 10.1. The molecular weight excluding hydrogens is 386 g/mol. The van der Waals surface area contributed by atoms with E-state index in [0.29, 0.717) is 48.6 Å². The SMILES string of the molecule is CC(C)COc1ccc(C(=O)Nc2nc3c(s2)CN(C(=O)CC(C)C)CC3)cc1. The molecule has 0 saturated heterocycles. The maximum absolute atomic E-state index is 12.5. The summed E-state index contributed by atoms with van der Waals surface area (Å²) in [6, 6.07) is 7.13. The largest absolute Gasteiger partial charge is 0.493 e. The van der Waals surface area contributed by atoms with E-state index in [-0.39, 0.29) is 11.8 Å². The zero-order valence-corrected chi connectivity index (χ0v) is 18.3. The predicted octanol–water partition coefficient (Wildman–Crippen LogP) is 4.36. The molecule has 0 bridgehead atoms. The number of rotatable bonds is 7. The van der Waals surface area contributed by atoms with Gasteiger partial charge in [-0.3, -0.25) is 14.9 Å². The average molecular weight is 416 g/mol. The molecule has 1 aromatic carbocycles. The highest BCUT2D eigenvalue weighted by Gasteiger charge is 2.25. The summed E-state index contributed by atoms with van der Waals surface area (Å²) >= 11 is 1.45. The van der Waals surface area contributed by atoms with Crippen LogP contribution in [0.4, 0.5) is 5.13 Å². The van der Waals surface area contributed by atoms with Crippen molar-refractivity contribution in [2.24, 2.45) is 11.8 Å². The number of amides is 2. The normalized spacial score (nSPS) is 13.5. The number of carbonyl (C=O) groups excluding carboxylic acids is 2. The molecule has 6 nitrogen and oxygen atoms in total. The van der Waals surface area contributed by atoms with Crippen LogP contribution in [-0.4, -0.2) is 34.8 Å². The second kappa shape index (κ2) is 9.39. The summed E-state index contributed by atoms with van der Waals surface area (Å²) in [5.41, 5.74) is 1.54. The summed E-state index contributed by atoms with van der Waals surface area (Å²) in [5.74, 6) is 1.54. The number of hydrogen-bond acceptors (Lipinski definition) is 5. The number of anilines is 1. The second-order valence-electron chi connectivity index (χ2n) is 8.24. The monoisotopic (exact) mass is 415 g/mol. The fourth-order valence-electron chi connectivity index (χ4n) is 3.07. The number of aromatic nitrogens is 1. The van der Waals surface area contributed by atoms with Crippen molar-refractivity contribution in [3.63, 3.8) is 0 Å². The van der Waals surface area contributed by atoms with Gasteiger partial charge in [0.15, 0.2) is 5.13 Å². The first-order chi connectivity index (χ1) is 13.8. The van der Waals surface area contributed by atoms with Crippen molar-refractivity contribution in [1.29, 1.82) is 0 Å². The van der Waals surface area contributed by atoms with Crippen molar-refractivity contribution in [2.45, 2.75) is 47.1 Å². The average Bonchev–Trinajstić information content (AvgIpc) is 3.07. The van der Waals surface area contributed by atoms with Crippen LogP contribution in [0.1, 0.15) is 55.0 Å². The zero-order chi connectivity index (χ0) is 21.0. The molecule has 1 aliphatic rings. The van der Waals surface area contributed by atoms with Gasteiger partial charge in [0.25, 0.3) is 5.91 Å². The highest BCUT2D eigenvalue weighted by Crippen LogP contribution is 2.29. The zero-order valence-electron chi connectivity index (χ0n) is 17.5. The third-order valence-electron chi connectivity index (χ3n) is 4.59. The topological polar surface area (TPSA) is 71.5 Å². The molecule has 0 radical (unpaired) electrons. The Morgan fingerprint density at radius 1 is 1.17 bits per heavy atom. The van der Waals surface area contributed by atoms with Crippen molar-refractivity contribution in [3.05, 3.63) is 40.4 Å². The Hall–Kier alpha value is -2.41. The molecule has 0 aliphatic carbocycles. The maximum atomic E-state index is 12.5. The van der Waals surface area contributed by atoms with Gasteiger partial charge < -0.3 is 9.64 Å². The molecule has 0 atom stereocenters. The minimum atomic E-state index is -0.195. The number of carbonyl (C=O) groups is 2. The Bertz CT molecular complexity index is 859. The van der Waals surface area contributed by atoms with Crippen LogP contribution in [0.25, 0.3) is 0 Å². The Balaban J connectivity index is 1.60. The van der Waals surface area contributed by atoms with E-state index in [2.05, 4.69) is 38.0 Å². The summed E-state index contributed by atoms with van der Waals surface area (Å²) in [5, 5.41) is 3.47. The summed E-state index contributed by atoms with van der Waals surface area (Å²) in [7, 11) is 0. The van der Waals surface area contributed by atoms with Crippen LogP contribution < -0.4 is 10.1 Å². The summed E-state index contributed by atoms with van der Waals surface area (Å²) in [6.45, 7) is 10.2. The van der Waals surface area contributed by atoms with Gasteiger partial charge in [-0.2, -0.15) is 0 Å². The molecule has 156 valence electrons. The molecule has 2 aromatic rings. The molecule has 1 aromatic heterocycles. The lowest BCUT2D eigenvalue weighted by Gasteiger charge is -2.26. The number of fused-ring (bicyclic) bond motifs is 1. The molecule has 0 unspecified atom stereocenters. The Morgan fingerprint density at radius 3 is 2.55 bits per heavy atom. The van der Waals surface area contributed by atoms with Gasteiger partial charge in [0.1, 0.15) is 5.75 Å². The lowest BCUT2D eigenvalue weighted by Crippen LogP contribution is -2.36. The van der Waals surface area contributed by atoms with Gasteiger partial charge in [-0.05, 0) is 36.1 Å². The molecular formula is C22H29N3O3S. The molecule has 2 amide bonds. The van der Waals surface area contributed by atoms with E-state index in [1.54, 1.807) is 12.1 Å². The van der Waals surface area contributed by atoms with Crippen LogP contribution in [-0.2, 0) is 17.8 Å². The molecule has 0 spiro atoms. The van der Waals surface area contributed by atoms with E-state index >= 15 is 0 Å². The van der Waals surface area contributed by atoms with Gasteiger partial charge >= 0.3 is 0 Å². The fourth-order valence-corrected chi connectivity index (χ4v) is 4.09. The molecule has 3 rings (SSSR count). The number of thiazole rings is 1. The molecule has 0 fully saturated rings. The summed E-state index contributed by atoms with van der Waals surface area (Å²) in [6.07, 6.45) is 1.29. The van der Waals surface area contributed by atoms with E-state index in [0.717, 1.165) is 22.7 Å². The van der Waals surface area contributed by atoms with Crippen molar-refractivity contribution in [3.8, 4) is 5.75 Å². The molecule has 7 heteroatoms. The first kappa shape index (κ1) is 21.3. The van der Waals surface area contributed by atoms with E-state index in [1.165, 1.54) is 11.3 Å². The van der Waals surface area contributed by atoms with E-state index in [9.17, 15) is 9.59 Å². The molecule has 2 heterocycles. The minimum absolute atomic E-state index is 0.185. The smallest absolute Gasteiger partial charge is 0.257 e. The Kier molecular flexibility index (Phi) is 6.90. The van der Waals surface area contributed by atoms with Crippen LogP contribution in [0.3, 0.4) is 0 Å². The molecule has 1 aliphatic heterocycles. The van der Waals surface area contributed by atoms with Crippen LogP contribution in [0, 0.1) is 11.8 Å². The minimum Gasteiger partial charge on any atom is -0.493 e. The van der Waals surface area contributed by atoms with Crippen molar-refractivity contribution in [2.75, 3.05) is 18.5 Å². The second-order valence-corrected chi connectivity index (χ2v) is 9.32. The van der Waals surface area contributed by atoms with E-state index in [4.69, 9.17) is 4.74 Å². The van der Waals surface area contributed by atoms with Gasteiger partial charge in [-0.25, -0.2) is 4.98 Å². The van der Waals surface area contributed by atoms with Gasteiger partial charge in [-0.15, -0.1) is 0 Å². The van der Waals surface area contributed by atoms with Crippen molar-refractivity contribution < 1.29 is 14.3 Å². The van der Waals surface area contributed by atoms with Crippen LogP contribution in [0.2, 0.25) is 0 Å². The number of nitrogens with zero attached hydrogens (tertiary/aromatic N) is 2. The van der Waals surface area contributed by atoms with E-state index < -0.39 is 0 Å². The van der Waals surface area contributed by atoms with Crippen molar-refractivity contribution >= 4 is 28.3 Å². The van der Waals surface area contributed by atoms with Crippen molar-refractivity contribution in [1.82, 2.24) is 9.88 Å². The number of benzene rings is 1. The number of nitrogens with one attached hydrogen (secondary N) is 1. The third kappa shape index (κ3) is 5.79. The molecule has 1 N–H and O–H groups in total. The lowest BCUT2D eigenvalue weighted by molar-refractivity contribution is -0.132. The highest BCUT2D eigenvalue weighted by atomic mass is 32.1. The van der Waals surface area contributed by atoms with Gasteiger partial charge in [0.2, 0.25) is 5.91 Å². The van der Waals surface area contributed by atoms with E-state index in [1.807, 2.05) is 17.0 Å². The van der Waals surface area contributed by atoms with Crippen LogP contribution >= 0.6 is 11.3 Å². The van der Waals surface area contributed by atoms with Crippen LogP contribution in [0.5, 0.6) is 5.75 Å². The maximum Gasteiger partial charge on any atom is 0.257 e. The quantitative estimate of drug-likeness (QED) is 0.729. The molecule has 0 saturated carbocycles. The first-order valence-corrected chi connectivity index (χ1v) is 10.9. The summed E-state index contributed by atoms with van der Waals surface area (Å²) in [4.78, 5) is 32.4. The van der Waals surface area contributed by atoms with Gasteiger partial charge in [0.05, 0.1) is 18.8 Å². The Labute approximate surface area is 176 Å². The first-order valence-electron chi connectivity index (χ1n) is 10.1. The third-order valence-corrected chi connectivity index (χ3v) is 5.58. The highest BCUT2D eigenvalue weighted by molar-refractivity contribution is 7.15. The number of hydrogen-bond donors (Lipinski definition) is 1. The van der Waals surface area contributed by atoms with Crippen LogP contribution in [0.15, 0.2) is 24.3 Å². The number of ether oxygens (including phenoxy) is 1. The molecule has 29 heavy (non-hydrogen) atoms. The Morgan fingerprint density at radius 2 is 1.90 bits per heavy atom. The van der Waals surface area contributed by atoms with Gasteiger partial charge in [0, 0.05) is 29.8 Å². The fraction of sp³-hybridized carbons (Fsp3) is 0.500. The summed E-state index contributed by atoms with van der Waals surface area (Å²) < 4.78 is 5.65.